The lowest BCUT2D eigenvalue weighted by atomic mass is 9.90. The SMILES string of the molecule is CN1C(=O)NC(=O)CC1(C)c1cnccn1. The second-order valence-electron chi connectivity index (χ2n) is 3.95. The molecule has 1 fully saturated rings. The van der Waals surface area contributed by atoms with Crippen molar-refractivity contribution in [2.24, 2.45) is 0 Å². The molecule has 0 spiro atoms. The molecule has 6 nitrogen and oxygen atoms in total. The molecule has 2 heterocycles. The predicted molar refractivity (Wildman–Crippen MR) is 55.3 cm³/mol. The highest BCUT2D eigenvalue weighted by Crippen LogP contribution is 2.31. The van der Waals surface area contributed by atoms with E-state index in [4.69, 9.17) is 0 Å². The fraction of sp³-hybridized carbons (Fsp3) is 0.400. The fourth-order valence-corrected chi connectivity index (χ4v) is 1.74. The first-order valence-electron chi connectivity index (χ1n) is 4.88. The Labute approximate surface area is 92.7 Å². The van der Waals surface area contributed by atoms with E-state index < -0.39 is 11.6 Å². The molecule has 1 aromatic heterocycles. The third-order valence-corrected chi connectivity index (χ3v) is 2.91. The molecule has 3 amide bonds. The Morgan fingerprint density at radius 3 is 2.81 bits per heavy atom. The summed E-state index contributed by atoms with van der Waals surface area (Å²) in [6.07, 6.45) is 4.86. The van der Waals surface area contributed by atoms with Gasteiger partial charge < -0.3 is 4.90 Å². The molecule has 1 N–H and O–H groups in total. The van der Waals surface area contributed by atoms with Gasteiger partial charge >= 0.3 is 6.03 Å². The number of carbonyl (C=O) groups excluding carboxylic acids is 2. The first kappa shape index (κ1) is 10.5. The molecule has 1 saturated heterocycles. The Morgan fingerprint density at radius 2 is 2.19 bits per heavy atom. The lowest BCUT2D eigenvalue weighted by molar-refractivity contribution is -0.124. The van der Waals surface area contributed by atoms with Gasteiger partial charge in [0.2, 0.25) is 5.91 Å². The maximum Gasteiger partial charge on any atom is 0.324 e. The highest BCUT2D eigenvalue weighted by molar-refractivity contribution is 5.97. The van der Waals surface area contributed by atoms with Crippen molar-refractivity contribution in [2.45, 2.75) is 18.9 Å². The molecule has 1 aliphatic rings. The number of hydrogen-bond acceptors (Lipinski definition) is 4. The molecule has 2 rings (SSSR count). The van der Waals surface area contributed by atoms with Crippen LogP contribution in [-0.4, -0.2) is 33.9 Å². The maximum atomic E-state index is 11.5. The molecule has 6 heteroatoms. The predicted octanol–water partition coefficient (Wildman–Crippen LogP) is 0.264. The highest BCUT2D eigenvalue weighted by Gasteiger charge is 2.42. The number of urea groups is 1. The smallest absolute Gasteiger partial charge is 0.316 e. The van der Waals surface area contributed by atoms with Crippen LogP contribution in [0.2, 0.25) is 0 Å². The molecule has 1 unspecified atom stereocenters. The van der Waals surface area contributed by atoms with Gasteiger partial charge in [0.25, 0.3) is 0 Å². The minimum absolute atomic E-state index is 0.188. The Kier molecular flexibility index (Phi) is 2.34. The van der Waals surface area contributed by atoms with Gasteiger partial charge in [-0.3, -0.25) is 20.1 Å². The van der Waals surface area contributed by atoms with Crippen LogP contribution in [0.15, 0.2) is 18.6 Å². The molecule has 1 aromatic rings. The van der Waals surface area contributed by atoms with Crippen molar-refractivity contribution >= 4 is 11.9 Å². The maximum absolute atomic E-state index is 11.5. The highest BCUT2D eigenvalue weighted by atomic mass is 16.2. The van der Waals surface area contributed by atoms with E-state index in [-0.39, 0.29) is 12.3 Å². The van der Waals surface area contributed by atoms with Crippen LogP contribution in [-0.2, 0) is 10.3 Å². The van der Waals surface area contributed by atoms with Crippen LogP contribution in [0, 0.1) is 0 Å². The van der Waals surface area contributed by atoms with Gasteiger partial charge in [-0.05, 0) is 6.92 Å². The van der Waals surface area contributed by atoms with Crippen molar-refractivity contribution in [3.8, 4) is 0 Å². The minimum Gasteiger partial charge on any atom is -0.316 e. The van der Waals surface area contributed by atoms with Gasteiger partial charge in [-0.15, -0.1) is 0 Å². The van der Waals surface area contributed by atoms with Gasteiger partial charge in [-0.25, -0.2) is 4.79 Å². The summed E-state index contributed by atoms with van der Waals surface area (Å²) >= 11 is 0. The summed E-state index contributed by atoms with van der Waals surface area (Å²) in [6.45, 7) is 1.80. The molecule has 0 aliphatic carbocycles. The molecule has 0 bridgehead atoms. The lowest BCUT2D eigenvalue weighted by Crippen LogP contribution is -2.58. The van der Waals surface area contributed by atoms with Crippen LogP contribution in [0.3, 0.4) is 0 Å². The van der Waals surface area contributed by atoms with Gasteiger partial charge in [0, 0.05) is 19.4 Å². The number of aromatic nitrogens is 2. The Bertz CT molecular complexity index is 434. The summed E-state index contributed by atoms with van der Waals surface area (Å²) in [4.78, 5) is 32.5. The monoisotopic (exact) mass is 220 g/mol. The van der Waals surface area contributed by atoms with Crippen molar-refractivity contribution in [1.29, 1.82) is 0 Å². The molecule has 0 aromatic carbocycles. The summed E-state index contributed by atoms with van der Waals surface area (Å²) < 4.78 is 0. The van der Waals surface area contributed by atoms with Crippen molar-refractivity contribution in [3.63, 3.8) is 0 Å². The topological polar surface area (TPSA) is 75.2 Å². The third-order valence-electron chi connectivity index (χ3n) is 2.91. The van der Waals surface area contributed by atoms with E-state index in [2.05, 4.69) is 15.3 Å². The van der Waals surface area contributed by atoms with E-state index in [0.717, 1.165) is 0 Å². The summed E-state index contributed by atoms with van der Waals surface area (Å²) in [5, 5.41) is 2.25. The van der Waals surface area contributed by atoms with Crippen LogP contribution < -0.4 is 5.32 Å². The summed E-state index contributed by atoms with van der Waals surface area (Å²) in [5.74, 6) is -0.295. The third kappa shape index (κ3) is 1.52. The molecular formula is C10H12N4O2. The van der Waals surface area contributed by atoms with Crippen molar-refractivity contribution in [2.75, 3.05) is 7.05 Å². The Balaban J connectivity index is 2.43. The van der Waals surface area contributed by atoms with Gasteiger partial charge in [-0.2, -0.15) is 0 Å². The van der Waals surface area contributed by atoms with Crippen LogP contribution in [0.25, 0.3) is 0 Å². The van der Waals surface area contributed by atoms with Crippen LogP contribution in [0.5, 0.6) is 0 Å². The van der Waals surface area contributed by atoms with Crippen molar-refractivity contribution in [1.82, 2.24) is 20.2 Å². The molecule has 16 heavy (non-hydrogen) atoms. The number of carbonyl (C=O) groups is 2. The zero-order chi connectivity index (χ0) is 11.8. The van der Waals surface area contributed by atoms with E-state index in [1.165, 1.54) is 4.90 Å². The average molecular weight is 220 g/mol. The van der Waals surface area contributed by atoms with Gasteiger partial charge in [0.1, 0.15) is 0 Å². The first-order valence-corrected chi connectivity index (χ1v) is 4.88. The van der Waals surface area contributed by atoms with Crippen LogP contribution in [0.4, 0.5) is 4.79 Å². The largest absolute Gasteiger partial charge is 0.324 e. The normalized spacial score (nSPS) is 25.5. The van der Waals surface area contributed by atoms with Crippen molar-refractivity contribution in [3.05, 3.63) is 24.3 Å². The second-order valence-corrected chi connectivity index (χ2v) is 3.95. The molecular weight excluding hydrogens is 208 g/mol. The number of imide groups is 1. The van der Waals surface area contributed by atoms with Gasteiger partial charge in [-0.1, -0.05) is 0 Å². The van der Waals surface area contributed by atoms with E-state index in [1.807, 2.05) is 0 Å². The molecule has 0 saturated carbocycles. The molecule has 1 aliphatic heterocycles. The minimum atomic E-state index is -0.728. The van der Waals surface area contributed by atoms with E-state index in [1.54, 1.807) is 32.6 Å². The van der Waals surface area contributed by atoms with Gasteiger partial charge in [0.15, 0.2) is 0 Å². The quantitative estimate of drug-likeness (QED) is 0.736. The molecule has 84 valence electrons. The number of rotatable bonds is 1. The first-order chi connectivity index (χ1) is 7.54. The fourth-order valence-electron chi connectivity index (χ4n) is 1.74. The summed E-state index contributed by atoms with van der Waals surface area (Å²) in [7, 11) is 1.64. The van der Waals surface area contributed by atoms with E-state index in [9.17, 15) is 9.59 Å². The van der Waals surface area contributed by atoms with E-state index >= 15 is 0 Å². The Hall–Kier alpha value is -1.98. The lowest BCUT2D eigenvalue weighted by Gasteiger charge is -2.40. The molecule has 1 atom stereocenters. The summed E-state index contributed by atoms with van der Waals surface area (Å²) in [5.41, 5.74) is -0.117. The standard InChI is InChI=1S/C10H12N4O2/c1-10(7-6-11-3-4-12-7)5-8(15)13-9(16)14(10)2/h3-4,6H,5H2,1-2H3,(H,13,15,16). The number of nitrogens with one attached hydrogen (secondary N) is 1. The van der Waals surface area contributed by atoms with Crippen molar-refractivity contribution < 1.29 is 9.59 Å². The second kappa shape index (κ2) is 3.55. The Morgan fingerprint density at radius 1 is 1.44 bits per heavy atom. The zero-order valence-electron chi connectivity index (χ0n) is 9.10. The summed E-state index contributed by atoms with van der Waals surface area (Å²) in [6, 6.07) is -0.413. The van der Waals surface area contributed by atoms with Crippen LogP contribution >= 0.6 is 0 Å². The number of nitrogens with zero attached hydrogens (tertiary/aromatic N) is 3. The number of hydrogen-bond donors (Lipinski definition) is 1. The number of amides is 3. The van der Waals surface area contributed by atoms with E-state index in [0.29, 0.717) is 5.69 Å². The average Bonchev–Trinajstić information content (AvgIpc) is 2.27. The zero-order valence-corrected chi connectivity index (χ0v) is 9.10. The van der Waals surface area contributed by atoms with Crippen LogP contribution in [0.1, 0.15) is 19.0 Å². The molecule has 0 radical (unpaired) electrons. The van der Waals surface area contributed by atoms with Gasteiger partial charge in [0.05, 0.1) is 23.9 Å².